The van der Waals surface area contributed by atoms with Gasteiger partial charge in [0, 0.05) is 27.8 Å². The highest BCUT2D eigenvalue weighted by Gasteiger charge is 2.32. The molecule has 0 saturated carbocycles. The Morgan fingerprint density at radius 1 is 0.473 bits per heavy atom. The van der Waals surface area contributed by atoms with Crippen molar-refractivity contribution in [1.29, 1.82) is 0 Å². The predicted octanol–water partition coefficient (Wildman–Crippen LogP) is 12.9. The zero-order valence-electron chi connectivity index (χ0n) is 30.2. The van der Waals surface area contributed by atoms with Crippen LogP contribution in [0.25, 0.3) is 83.5 Å². The molecular weight excluding hydrogens is 680 g/mol. The van der Waals surface area contributed by atoms with Gasteiger partial charge in [-0.2, -0.15) is 0 Å². The lowest BCUT2D eigenvalue weighted by molar-refractivity contribution is 0.106. The molecule has 1 aliphatic rings. The van der Waals surface area contributed by atoms with Crippen LogP contribution in [0.1, 0.15) is 19.4 Å². The molecule has 0 fully saturated rings. The monoisotopic (exact) mass is 712 g/mol. The second-order valence-electron chi connectivity index (χ2n) is 14.1. The van der Waals surface area contributed by atoms with E-state index in [0.717, 1.165) is 61.4 Å². The van der Waals surface area contributed by atoms with E-state index in [-0.39, 0.29) is 0 Å². The summed E-state index contributed by atoms with van der Waals surface area (Å²) >= 11 is 0. The average Bonchev–Trinajstić information content (AvgIpc) is 3.23. The van der Waals surface area contributed by atoms with Crippen LogP contribution in [0.3, 0.4) is 0 Å². The minimum atomic E-state index is -0.524. The van der Waals surface area contributed by atoms with Crippen LogP contribution in [0, 0.1) is 12.4 Å². The molecule has 262 valence electrons. The van der Waals surface area contributed by atoms with Crippen molar-refractivity contribution in [3.63, 3.8) is 0 Å². The molecule has 9 rings (SSSR count). The number of nitrogens with zero attached hydrogens (tertiary/aromatic N) is 4. The largest absolute Gasteiger partial charge is 0.482 e. The van der Waals surface area contributed by atoms with Crippen LogP contribution in [0.4, 0.5) is 10.1 Å². The Labute approximate surface area is 319 Å². The molecule has 0 bridgehead atoms. The Morgan fingerprint density at radius 3 is 1.80 bits per heavy atom. The molecule has 0 radical (unpaired) electrons. The number of halogens is 1. The molecule has 0 saturated heterocycles. The number of rotatable bonds is 6. The Morgan fingerprint density at radius 2 is 1.02 bits per heavy atom. The molecule has 5 nitrogen and oxygen atoms in total. The van der Waals surface area contributed by atoms with E-state index in [1.165, 1.54) is 12.1 Å². The van der Waals surface area contributed by atoms with Crippen molar-refractivity contribution < 1.29 is 9.13 Å². The summed E-state index contributed by atoms with van der Waals surface area (Å²) in [6.07, 6.45) is 0. The molecule has 0 atom stereocenters. The lowest BCUT2D eigenvalue weighted by Gasteiger charge is -2.35. The quantitative estimate of drug-likeness (QED) is 0.161. The van der Waals surface area contributed by atoms with Gasteiger partial charge in [-0.3, -0.25) is 0 Å². The molecule has 0 aliphatic carbocycles. The smallest absolute Gasteiger partial charge is 0.187 e. The van der Waals surface area contributed by atoms with Gasteiger partial charge in [-0.1, -0.05) is 127 Å². The van der Waals surface area contributed by atoms with E-state index in [1.54, 1.807) is 6.07 Å². The minimum Gasteiger partial charge on any atom is -0.482 e. The van der Waals surface area contributed by atoms with E-state index in [0.29, 0.717) is 34.3 Å². The SMILES string of the molecule is [C-]#[N+]c1cccc(-c2cccc(-c3nc(-c4ccc(-c5ccccc5)cc4)nc(-c4cc(F)cc(-c5ccc6c(c5)OC(C)(C)c5ccccc5-6)c4)n3)c2)c1. The highest BCUT2D eigenvalue weighted by Crippen LogP contribution is 2.46. The fraction of sp³-hybridized carbons (Fsp3) is 0.0612. The summed E-state index contributed by atoms with van der Waals surface area (Å²) in [7, 11) is 0. The van der Waals surface area contributed by atoms with E-state index in [9.17, 15) is 0 Å². The first-order valence-electron chi connectivity index (χ1n) is 18.1. The fourth-order valence-corrected chi connectivity index (χ4v) is 7.27. The maximum Gasteiger partial charge on any atom is 0.187 e. The first kappa shape index (κ1) is 33.6. The van der Waals surface area contributed by atoms with Crippen molar-refractivity contribution in [2.75, 3.05) is 0 Å². The average molecular weight is 713 g/mol. The summed E-state index contributed by atoms with van der Waals surface area (Å²) < 4.78 is 22.2. The third kappa shape index (κ3) is 6.53. The molecule has 55 heavy (non-hydrogen) atoms. The second-order valence-corrected chi connectivity index (χ2v) is 14.1. The van der Waals surface area contributed by atoms with Crippen LogP contribution in [-0.2, 0) is 5.60 Å². The van der Waals surface area contributed by atoms with Crippen LogP contribution in [0.5, 0.6) is 5.75 Å². The van der Waals surface area contributed by atoms with Crippen LogP contribution in [0.2, 0.25) is 0 Å². The van der Waals surface area contributed by atoms with Crippen LogP contribution >= 0.6 is 0 Å². The highest BCUT2D eigenvalue weighted by atomic mass is 19.1. The summed E-state index contributed by atoms with van der Waals surface area (Å²) in [5.74, 6) is 1.60. The number of hydrogen-bond acceptors (Lipinski definition) is 4. The van der Waals surface area contributed by atoms with Gasteiger partial charge in [0.05, 0.1) is 6.57 Å². The second kappa shape index (κ2) is 13.6. The zero-order chi connectivity index (χ0) is 37.5. The van der Waals surface area contributed by atoms with Crippen molar-refractivity contribution in [2.45, 2.75) is 19.4 Å². The van der Waals surface area contributed by atoms with Crippen LogP contribution < -0.4 is 4.74 Å². The predicted molar refractivity (Wildman–Crippen MR) is 218 cm³/mol. The first-order valence-corrected chi connectivity index (χ1v) is 18.1. The number of fused-ring (bicyclic) bond motifs is 3. The van der Waals surface area contributed by atoms with Crippen molar-refractivity contribution in [1.82, 2.24) is 15.0 Å². The Bertz CT molecular complexity index is 2790. The van der Waals surface area contributed by atoms with Gasteiger partial charge in [0.25, 0.3) is 0 Å². The molecule has 7 aromatic carbocycles. The van der Waals surface area contributed by atoms with Crippen molar-refractivity contribution >= 4 is 5.69 Å². The van der Waals surface area contributed by atoms with Crippen LogP contribution in [-0.4, -0.2) is 15.0 Å². The van der Waals surface area contributed by atoms with Gasteiger partial charge < -0.3 is 4.74 Å². The Balaban J connectivity index is 1.16. The van der Waals surface area contributed by atoms with Gasteiger partial charge in [-0.05, 0) is 89.2 Å². The lowest BCUT2D eigenvalue weighted by Crippen LogP contribution is -2.29. The summed E-state index contributed by atoms with van der Waals surface area (Å²) in [6, 6.07) is 52.9. The van der Waals surface area contributed by atoms with Gasteiger partial charge in [-0.15, -0.1) is 0 Å². The van der Waals surface area contributed by atoms with Gasteiger partial charge in [-0.25, -0.2) is 24.2 Å². The van der Waals surface area contributed by atoms with Gasteiger partial charge in [0.1, 0.15) is 17.2 Å². The molecule has 0 N–H and O–H groups in total. The molecule has 1 aliphatic heterocycles. The number of aromatic nitrogens is 3. The number of hydrogen-bond donors (Lipinski definition) is 0. The zero-order valence-corrected chi connectivity index (χ0v) is 30.2. The third-order valence-corrected chi connectivity index (χ3v) is 10.0. The van der Waals surface area contributed by atoms with Crippen molar-refractivity contribution in [3.05, 3.63) is 187 Å². The summed E-state index contributed by atoms with van der Waals surface area (Å²) in [6.45, 7) is 11.6. The summed E-state index contributed by atoms with van der Waals surface area (Å²) in [5.41, 5.74) is 10.9. The van der Waals surface area contributed by atoms with Gasteiger partial charge >= 0.3 is 0 Å². The summed E-state index contributed by atoms with van der Waals surface area (Å²) in [4.78, 5) is 18.5. The summed E-state index contributed by atoms with van der Waals surface area (Å²) in [5, 5.41) is 0. The standard InChI is InChI=1S/C49H33FN4O/c1-49(2)44-18-8-7-17-42(44)43-24-23-36(30-45(43)55-49)38-26-39(28-40(50)27-38)48-53-46(33-21-19-32(20-22-33)31-11-5-4-6-12-31)52-47(54-48)37-15-9-13-34(25-37)35-14-10-16-41(29-35)51-3/h4-30H,1-2H3. The Hall–Kier alpha value is -7.23. The molecule has 0 spiro atoms. The van der Waals surface area contributed by atoms with E-state index in [2.05, 4.69) is 55.1 Å². The van der Waals surface area contributed by atoms with E-state index in [1.807, 2.05) is 109 Å². The van der Waals surface area contributed by atoms with Crippen molar-refractivity contribution in [3.8, 4) is 84.4 Å². The number of ether oxygens (including phenoxy) is 1. The fourth-order valence-electron chi connectivity index (χ4n) is 7.27. The maximum absolute atomic E-state index is 15.7. The Kier molecular flexibility index (Phi) is 8.33. The molecule has 6 heteroatoms. The van der Waals surface area contributed by atoms with Crippen molar-refractivity contribution in [2.24, 2.45) is 0 Å². The first-order chi connectivity index (χ1) is 26.8. The molecule has 1 aromatic heterocycles. The number of benzene rings is 7. The minimum absolute atomic E-state index is 0.345. The lowest BCUT2D eigenvalue weighted by atomic mass is 9.85. The topological polar surface area (TPSA) is 52.3 Å². The maximum atomic E-state index is 15.7. The third-order valence-electron chi connectivity index (χ3n) is 10.0. The van der Waals surface area contributed by atoms with Gasteiger partial charge in [0.15, 0.2) is 23.2 Å². The highest BCUT2D eigenvalue weighted by molar-refractivity contribution is 5.82. The molecule has 0 unspecified atom stereocenters. The van der Waals surface area contributed by atoms with Crippen LogP contribution in [0.15, 0.2) is 164 Å². The van der Waals surface area contributed by atoms with E-state index < -0.39 is 11.4 Å². The molecular formula is C49H33FN4O. The van der Waals surface area contributed by atoms with E-state index >= 15 is 4.39 Å². The molecule has 8 aromatic rings. The normalized spacial score (nSPS) is 12.5. The molecule has 0 amide bonds. The molecule has 2 heterocycles. The van der Waals surface area contributed by atoms with E-state index in [4.69, 9.17) is 26.3 Å². The van der Waals surface area contributed by atoms with Gasteiger partial charge in [0.2, 0.25) is 0 Å².